The third kappa shape index (κ3) is 5.61. The van der Waals surface area contributed by atoms with Gasteiger partial charge in [0.2, 0.25) is 11.9 Å². The van der Waals surface area contributed by atoms with Gasteiger partial charge in [0, 0.05) is 67.3 Å². The van der Waals surface area contributed by atoms with Gasteiger partial charge in [0.15, 0.2) is 0 Å². The summed E-state index contributed by atoms with van der Waals surface area (Å²) in [7, 11) is 0. The van der Waals surface area contributed by atoms with Crippen molar-refractivity contribution in [1.29, 1.82) is 0 Å². The van der Waals surface area contributed by atoms with Crippen molar-refractivity contribution in [3.8, 4) is 11.1 Å². The average molecular weight is 514 g/mol. The Balaban J connectivity index is 1.37. The Bertz CT molecular complexity index is 1470. The van der Waals surface area contributed by atoms with Gasteiger partial charge in [-0.1, -0.05) is 24.8 Å². The number of piperazine rings is 1. The number of aliphatic hydroxyl groups excluding tert-OH is 1. The number of carbonyl (C=O) groups is 1. The molecular formula is C28H28FN7O2. The predicted molar refractivity (Wildman–Crippen MR) is 147 cm³/mol. The van der Waals surface area contributed by atoms with Gasteiger partial charge in [-0.15, -0.1) is 0 Å². The standard InChI is InChI=1S/C28H28FN7O2/c1-2-26(38)32-21-14-20(16-30-18-21)23-5-3-4-19-17-31-28(34-27(19)23)33-25-7-6-22(15-24(25)29)36-10-8-35(9-11-36)12-13-37/h2-7,14-18,37H,1,8-13H2,(H,32,38)(H,31,33,34). The third-order valence-electron chi connectivity index (χ3n) is 6.47. The smallest absolute Gasteiger partial charge is 0.247 e. The number of carbonyl (C=O) groups excluding carboxylic acids is 1. The lowest BCUT2D eigenvalue weighted by Crippen LogP contribution is -2.47. The van der Waals surface area contributed by atoms with E-state index in [2.05, 4.69) is 42.0 Å². The molecule has 0 bridgehead atoms. The molecule has 194 valence electrons. The Labute approximate surface area is 219 Å². The summed E-state index contributed by atoms with van der Waals surface area (Å²) in [6.07, 6.45) is 6.12. The number of nitrogens with zero attached hydrogens (tertiary/aromatic N) is 5. The molecule has 4 aromatic rings. The fourth-order valence-electron chi connectivity index (χ4n) is 4.49. The molecule has 2 aromatic carbocycles. The number of β-amino-alcohol motifs (C(OH)–C–C–N with tert-alkyl or cyclic N) is 1. The Morgan fingerprint density at radius 3 is 2.71 bits per heavy atom. The van der Waals surface area contributed by atoms with Crippen molar-refractivity contribution in [2.75, 3.05) is 54.9 Å². The summed E-state index contributed by atoms with van der Waals surface area (Å²) in [5.74, 6) is -0.460. The molecule has 5 rings (SSSR count). The molecule has 9 nitrogen and oxygen atoms in total. The van der Waals surface area contributed by atoms with Gasteiger partial charge in [0.1, 0.15) is 5.82 Å². The van der Waals surface area contributed by atoms with Crippen molar-refractivity contribution in [1.82, 2.24) is 19.9 Å². The lowest BCUT2D eigenvalue weighted by molar-refractivity contribution is -0.111. The molecule has 0 saturated carbocycles. The summed E-state index contributed by atoms with van der Waals surface area (Å²) in [5, 5.41) is 15.7. The molecule has 0 spiro atoms. The number of hydrogen-bond acceptors (Lipinski definition) is 8. The van der Waals surface area contributed by atoms with Crippen molar-refractivity contribution in [3.05, 3.63) is 79.5 Å². The Hall–Kier alpha value is -4.41. The minimum Gasteiger partial charge on any atom is -0.395 e. The number of aromatic nitrogens is 3. The zero-order chi connectivity index (χ0) is 26.5. The number of rotatable bonds is 8. The number of benzene rings is 2. The van der Waals surface area contributed by atoms with Gasteiger partial charge < -0.3 is 20.6 Å². The van der Waals surface area contributed by atoms with Crippen LogP contribution in [0.1, 0.15) is 0 Å². The number of amides is 1. The second kappa shape index (κ2) is 11.3. The van der Waals surface area contributed by atoms with Crippen molar-refractivity contribution in [2.45, 2.75) is 0 Å². The Morgan fingerprint density at radius 1 is 1.11 bits per heavy atom. The van der Waals surface area contributed by atoms with Gasteiger partial charge in [-0.05, 0) is 30.3 Å². The summed E-state index contributed by atoms with van der Waals surface area (Å²) < 4.78 is 15.1. The van der Waals surface area contributed by atoms with Crippen molar-refractivity contribution in [2.24, 2.45) is 0 Å². The maximum absolute atomic E-state index is 15.1. The van der Waals surface area contributed by atoms with Crippen LogP contribution >= 0.6 is 0 Å². The van der Waals surface area contributed by atoms with Gasteiger partial charge in [-0.3, -0.25) is 14.7 Å². The van der Waals surface area contributed by atoms with Gasteiger partial charge in [-0.25, -0.2) is 14.4 Å². The highest BCUT2D eigenvalue weighted by atomic mass is 19.1. The summed E-state index contributed by atoms with van der Waals surface area (Å²) in [6.45, 7) is 7.48. The molecule has 1 aliphatic heterocycles. The molecule has 10 heteroatoms. The zero-order valence-electron chi connectivity index (χ0n) is 20.8. The Kier molecular flexibility index (Phi) is 7.52. The minimum atomic E-state index is -0.396. The van der Waals surface area contributed by atoms with Gasteiger partial charge >= 0.3 is 0 Å². The molecular weight excluding hydrogens is 485 g/mol. The van der Waals surface area contributed by atoms with Crippen LogP contribution in [0.25, 0.3) is 22.0 Å². The lowest BCUT2D eigenvalue weighted by Gasteiger charge is -2.35. The fourth-order valence-corrected chi connectivity index (χ4v) is 4.49. The fraction of sp³-hybridized carbons (Fsp3) is 0.214. The SMILES string of the molecule is C=CC(=O)Nc1cncc(-c2cccc3cnc(Nc4ccc(N5CCN(CCO)CC5)cc4F)nc23)c1. The topological polar surface area (TPSA) is 107 Å². The number of halogens is 1. The van der Waals surface area contributed by atoms with Crippen LogP contribution in [-0.2, 0) is 4.79 Å². The van der Waals surface area contributed by atoms with E-state index >= 15 is 4.39 Å². The molecule has 0 atom stereocenters. The van der Waals surface area contributed by atoms with Crippen LogP contribution in [0.3, 0.4) is 0 Å². The third-order valence-corrected chi connectivity index (χ3v) is 6.47. The molecule has 3 heterocycles. The van der Waals surface area contributed by atoms with E-state index in [1.165, 1.54) is 12.1 Å². The highest BCUT2D eigenvalue weighted by molar-refractivity contribution is 6.00. The number of aliphatic hydroxyl groups is 1. The average Bonchev–Trinajstić information content (AvgIpc) is 2.94. The van der Waals surface area contributed by atoms with Crippen LogP contribution < -0.4 is 15.5 Å². The zero-order valence-corrected chi connectivity index (χ0v) is 20.8. The van der Waals surface area contributed by atoms with Gasteiger partial charge in [0.25, 0.3) is 0 Å². The molecule has 1 aliphatic rings. The molecule has 0 aliphatic carbocycles. The first-order chi connectivity index (χ1) is 18.5. The van der Waals surface area contributed by atoms with E-state index in [4.69, 9.17) is 5.11 Å². The second-order valence-electron chi connectivity index (χ2n) is 8.93. The van der Waals surface area contributed by atoms with Gasteiger partial charge in [0.05, 0.1) is 29.7 Å². The van der Waals surface area contributed by atoms with Crippen LogP contribution in [0.5, 0.6) is 0 Å². The summed E-state index contributed by atoms with van der Waals surface area (Å²) in [4.78, 5) is 29.3. The lowest BCUT2D eigenvalue weighted by atomic mass is 10.0. The first kappa shape index (κ1) is 25.2. The van der Waals surface area contributed by atoms with Crippen molar-refractivity contribution in [3.63, 3.8) is 0 Å². The highest BCUT2D eigenvalue weighted by Gasteiger charge is 2.18. The molecule has 3 N–H and O–H groups in total. The first-order valence-corrected chi connectivity index (χ1v) is 12.3. The highest BCUT2D eigenvalue weighted by Crippen LogP contribution is 2.30. The maximum atomic E-state index is 15.1. The van der Waals surface area contributed by atoms with E-state index in [9.17, 15) is 4.79 Å². The predicted octanol–water partition coefficient (Wildman–Crippen LogP) is 3.81. The monoisotopic (exact) mass is 513 g/mol. The van der Waals surface area contributed by atoms with Crippen LogP contribution in [0.2, 0.25) is 0 Å². The minimum absolute atomic E-state index is 0.143. The molecule has 38 heavy (non-hydrogen) atoms. The molecule has 2 aromatic heterocycles. The summed E-state index contributed by atoms with van der Waals surface area (Å²) in [6, 6.07) is 12.6. The summed E-state index contributed by atoms with van der Waals surface area (Å²) in [5.41, 5.74) is 3.85. The number of anilines is 4. The normalized spacial score (nSPS) is 13.9. The first-order valence-electron chi connectivity index (χ1n) is 12.3. The van der Waals surface area contributed by atoms with Crippen molar-refractivity contribution >= 4 is 39.8 Å². The number of nitrogens with one attached hydrogen (secondary N) is 2. The summed E-state index contributed by atoms with van der Waals surface area (Å²) >= 11 is 0. The molecule has 0 unspecified atom stereocenters. The van der Waals surface area contributed by atoms with Gasteiger partial charge in [-0.2, -0.15) is 0 Å². The van der Waals surface area contributed by atoms with E-state index in [1.54, 1.807) is 30.7 Å². The van der Waals surface area contributed by atoms with Crippen LogP contribution in [0.15, 0.2) is 73.7 Å². The number of fused-ring (bicyclic) bond motifs is 1. The van der Waals surface area contributed by atoms with E-state index in [0.717, 1.165) is 48.4 Å². The molecule has 0 radical (unpaired) electrons. The van der Waals surface area contributed by atoms with E-state index in [1.807, 2.05) is 24.3 Å². The number of hydrogen-bond donors (Lipinski definition) is 3. The number of para-hydroxylation sites is 1. The van der Waals surface area contributed by atoms with E-state index in [0.29, 0.717) is 17.7 Å². The molecule has 1 saturated heterocycles. The largest absolute Gasteiger partial charge is 0.395 e. The molecule has 1 amide bonds. The quantitative estimate of drug-likeness (QED) is 0.306. The maximum Gasteiger partial charge on any atom is 0.247 e. The van der Waals surface area contributed by atoms with Crippen molar-refractivity contribution < 1.29 is 14.3 Å². The Morgan fingerprint density at radius 2 is 1.95 bits per heavy atom. The second-order valence-corrected chi connectivity index (χ2v) is 8.93. The van der Waals surface area contributed by atoms with Crippen LogP contribution in [0.4, 0.5) is 27.4 Å². The van der Waals surface area contributed by atoms with E-state index < -0.39 is 5.82 Å². The number of pyridine rings is 1. The molecule has 1 fully saturated rings. The van der Waals surface area contributed by atoms with E-state index in [-0.39, 0.29) is 24.1 Å². The van der Waals surface area contributed by atoms with Crippen LogP contribution in [-0.4, -0.2) is 70.2 Å². The van der Waals surface area contributed by atoms with Crippen LogP contribution in [0, 0.1) is 5.82 Å².